The molecule has 2 rings (SSSR count). The van der Waals surface area contributed by atoms with Crippen molar-refractivity contribution in [3.8, 4) is 0 Å². The molecule has 1 atom stereocenters. The Morgan fingerprint density at radius 2 is 2.11 bits per heavy atom. The predicted molar refractivity (Wildman–Crippen MR) is 74.4 cm³/mol. The first-order valence-corrected chi connectivity index (χ1v) is 6.91. The second kappa shape index (κ2) is 6.19. The molecule has 1 heterocycles. The van der Waals surface area contributed by atoms with Crippen LogP contribution in [0.3, 0.4) is 0 Å². The zero-order valence-electron chi connectivity index (χ0n) is 11.4. The van der Waals surface area contributed by atoms with Crippen molar-refractivity contribution in [3.05, 3.63) is 29.6 Å². The smallest absolute Gasteiger partial charge is 0.125 e. The topological polar surface area (TPSA) is 15.3 Å². The standard InChI is InChI=1S/C15H23FN2/c1-12-6-4-3-5-7-18(12)15-9-13(11-17-2)8-14(16)10-15/h8-10,12,17H,3-7,11H2,1-2H3. The van der Waals surface area contributed by atoms with Crippen LogP contribution < -0.4 is 10.2 Å². The predicted octanol–water partition coefficient (Wildman–Crippen LogP) is 3.31. The SMILES string of the molecule is CNCc1cc(F)cc(N2CCCCCC2C)c1. The van der Waals surface area contributed by atoms with Crippen LogP contribution in [0.4, 0.5) is 10.1 Å². The van der Waals surface area contributed by atoms with E-state index in [0.29, 0.717) is 12.6 Å². The number of benzene rings is 1. The summed E-state index contributed by atoms with van der Waals surface area (Å²) < 4.78 is 13.7. The van der Waals surface area contributed by atoms with Crippen LogP contribution in [-0.2, 0) is 6.54 Å². The van der Waals surface area contributed by atoms with Crippen LogP contribution in [0.25, 0.3) is 0 Å². The summed E-state index contributed by atoms with van der Waals surface area (Å²) in [4.78, 5) is 2.36. The Hall–Kier alpha value is -1.09. The third-order valence-electron chi connectivity index (χ3n) is 3.71. The third kappa shape index (κ3) is 3.22. The Kier molecular flexibility index (Phi) is 4.59. The molecule has 18 heavy (non-hydrogen) atoms. The van der Waals surface area contributed by atoms with Crippen molar-refractivity contribution in [2.45, 2.75) is 45.2 Å². The minimum atomic E-state index is -0.130. The number of rotatable bonds is 3. The third-order valence-corrected chi connectivity index (χ3v) is 3.71. The first kappa shape index (κ1) is 13.3. The molecule has 1 saturated heterocycles. The summed E-state index contributed by atoms with van der Waals surface area (Å²) in [5.74, 6) is -0.130. The molecule has 1 aromatic rings. The molecule has 0 aromatic heterocycles. The van der Waals surface area contributed by atoms with Gasteiger partial charge in [0.2, 0.25) is 0 Å². The van der Waals surface area contributed by atoms with Crippen LogP contribution in [0.5, 0.6) is 0 Å². The van der Waals surface area contributed by atoms with Gasteiger partial charge in [0.05, 0.1) is 0 Å². The van der Waals surface area contributed by atoms with E-state index in [2.05, 4.69) is 23.2 Å². The van der Waals surface area contributed by atoms with Gasteiger partial charge in [-0.2, -0.15) is 0 Å². The molecular weight excluding hydrogens is 227 g/mol. The largest absolute Gasteiger partial charge is 0.369 e. The maximum Gasteiger partial charge on any atom is 0.125 e. The first-order valence-electron chi connectivity index (χ1n) is 6.91. The Balaban J connectivity index is 2.24. The molecule has 3 heteroatoms. The first-order chi connectivity index (χ1) is 8.70. The molecule has 1 N–H and O–H groups in total. The van der Waals surface area contributed by atoms with E-state index in [1.807, 2.05) is 7.05 Å². The van der Waals surface area contributed by atoms with Crippen LogP contribution in [0.1, 0.15) is 38.2 Å². The van der Waals surface area contributed by atoms with Gasteiger partial charge < -0.3 is 10.2 Å². The Morgan fingerprint density at radius 1 is 1.28 bits per heavy atom. The van der Waals surface area contributed by atoms with E-state index in [1.54, 1.807) is 12.1 Å². The number of nitrogens with zero attached hydrogens (tertiary/aromatic N) is 1. The molecule has 1 aliphatic heterocycles. The van der Waals surface area contributed by atoms with Gasteiger partial charge in [0.1, 0.15) is 5.82 Å². The zero-order chi connectivity index (χ0) is 13.0. The highest BCUT2D eigenvalue weighted by molar-refractivity contribution is 5.50. The Labute approximate surface area is 109 Å². The number of anilines is 1. The Bertz CT molecular complexity index is 392. The zero-order valence-corrected chi connectivity index (χ0v) is 11.4. The molecule has 0 bridgehead atoms. The van der Waals surface area contributed by atoms with Crippen molar-refractivity contribution in [1.29, 1.82) is 0 Å². The van der Waals surface area contributed by atoms with E-state index in [-0.39, 0.29) is 5.82 Å². The van der Waals surface area contributed by atoms with Crippen molar-refractivity contribution in [3.63, 3.8) is 0 Å². The highest BCUT2D eigenvalue weighted by atomic mass is 19.1. The maximum atomic E-state index is 13.7. The number of hydrogen-bond donors (Lipinski definition) is 1. The van der Waals surface area contributed by atoms with Crippen molar-refractivity contribution in [1.82, 2.24) is 5.32 Å². The molecule has 0 amide bonds. The van der Waals surface area contributed by atoms with E-state index < -0.39 is 0 Å². The molecule has 0 aliphatic carbocycles. The van der Waals surface area contributed by atoms with E-state index in [9.17, 15) is 4.39 Å². The normalized spacial score (nSPS) is 20.8. The van der Waals surface area contributed by atoms with E-state index in [0.717, 1.165) is 17.8 Å². The lowest BCUT2D eigenvalue weighted by Gasteiger charge is -2.30. The number of hydrogen-bond acceptors (Lipinski definition) is 2. The Morgan fingerprint density at radius 3 is 2.89 bits per heavy atom. The van der Waals surface area contributed by atoms with Gasteiger partial charge in [0.25, 0.3) is 0 Å². The van der Waals surface area contributed by atoms with Gasteiger partial charge in [-0.15, -0.1) is 0 Å². The lowest BCUT2D eigenvalue weighted by Crippen LogP contribution is -2.32. The molecule has 1 aliphatic rings. The molecule has 0 radical (unpaired) electrons. The lowest BCUT2D eigenvalue weighted by molar-refractivity contribution is 0.603. The van der Waals surface area contributed by atoms with Crippen molar-refractivity contribution in [2.24, 2.45) is 0 Å². The molecular formula is C15H23FN2. The quantitative estimate of drug-likeness (QED) is 0.885. The van der Waals surface area contributed by atoms with Crippen LogP contribution in [0.15, 0.2) is 18.2 Å². The second-order valence-corrected chi connectivity index (χ2v) is 5.24. The molecule has 1 fully saturated rings. The summed E-state index contributed by atoms with van der Waals surface area (Å²) >= 11 is 0. The number of halogens is 1. The lowest BCUT2D eigenvalue weighted by atomic mass is 10.1. The molecule has 2 nitrogen and oxygen atoms in total. The summed E-state index contributed by atoms with van der Waals surface area (Å²) in [6.07, 6.45) is 5.00. The highest BCUT2D eigenvalue weighted by Crippen LogP contribution is 2.25. The summed E-state index contributed by atoms with van der Waals surface area (Å²) in [6.45, 7) is 4.00. The molecule has 1 aromatic carbocycles. The fourth-order valence-electron chi connectivity index (χ4n) is 2.76. The van der Waals surface area contributed by atoms with Gasteiger partial charge in [-0.3, -0.25) is 0 Å². The van der Waals surface area contributed by atoms with E-state index in [4.69, 9.17) is 0 Å². The minimum Gasteiger partial charge on any atom is -0.369 e. The van der Waals surface area contributed by atoms with Gasteiger partial charge in [0.15, 0.2) is 0 Å². The number of nitrogens with one attached hydrogen (secondary N) is 1. The minimum absolute atomic E-state index is 0.130. The molecule has 0 spiro atoms. The molecule has 0 saturated carbocycles. The summed E-state index contributed by atoms with van der Waals surface area (Å²) in [6, 6.07) is 5.90. The van der Waals surface area contributed by atoms with Crippen molar-refractivity contribution >= 4 is 5.69 Å². The van der Waals surface area contributed by atoms with Gasteiger partial charge in [0, 0.05) is 24.8 Å². The molecule has 1 unspecified atom stereocenters. The van der Waals surface area contributed by atoms with E-state index in [1.165, 1.54) is 25.7 Å². The summed E-state index contributed by atoms with van der Waals surface area (Å²) in [5.41, 5.74) is 2.05. The monoisotopic (exact) mass is 250 g/mol. The van der Waals surface area contributed by atoms with Crippen molar-refractivity contribution in [2.75, 3.05) is 18.5 Å². The second-order valence-electron chi connectivity index (χ2n) is 5.24. The fourth-order valence-corrected chi connectivity index (χ4v) is 2.76. The van der Waals surface area contributed by atoms with Crippen LogP contribution in [0.2, 0.25) is 0 Å². The van der Waals surface area contributed by atoms with Crippen molar-refractivity contribution < 1.29 is 4.39 Å². The molecule has 100 valence electrons. The summed E-state index contributed by atoms with van der Waals surface area (Å²) in [7, 11) is 1.89. The van der Waals surface area contributed by atoms with Gasteiger partial charge >= 0.3 is 0 Å². The van der Waals surface area contributed by atoms with Crippen LogP contribution in [0, 0.1) is 5.82 Å². The average Bonchev–Trinajstić information content (AvgIpc) is 2.53. The van der Waals surface area contributed by atoms with E-state index >= 15 is 0 Å². The average molecular weight is 250 g/mol. The van der Waals surface area contributed by atoms with Gasteiger partial charge in [-0.05, 0) is 50.6 Å². The van der Waals surface area contributed by atoms with Crippen LogP contribution in [-0.4, -0.2) is 19.6 Å². The summed E-state index contributed by atoms with van der Waals surface area (Å²) in [5, 5.41) is 3.08. The maximum absolute atomic E-state index is 13.7. The van der Waals surface area contributed by atoms with Crippen LogP contribution >= 0.6 is 0 Å². The highest BCUT2D eigenvalue weighted by Gasteiger charge is 2.18. The fraction of sp³-hybridized carbons (Fsp3) is 0.600. The van der Waals surface area contributed by atoms with Gasteiger partial charge in [-0.1, -0.05) is 12.8 Å². The van der Waals surface area contributed by atoms with Gasteiger partial charge in [-0.25, -0.2) is 4.39 Å².